The van der Waals surface area contributed by atoms with Crippen LogP contribution in [0.3, 0.4) is 0 Å². The van der Waals surface area contributed by atoms with Crippen LogP contribution in [-0.2, 0) is 0 Å². The molecule has 0 heterocycles. The first kappa shape index (κ1) is 15.3. The van der Waals surface area contributed by atoms with Gasteiger partial charge in [0.15, 0.2) is 11.6 Å². The summed E-state index contributed by atoms with van der Waals surface area (Å²) in [6, 6.07) is 5.93. The third-order valence-corrected chi connectivity index (χ3v) is 4.42. The molecule has 1 aromatic rings. The third-order valence-electron chi connectivity index (χ3n) is 4.42. The highest BCUT2D eigenvalue weighted by atomic mass is 19.1. The highest BCUT2D eigenvalue weighted by Gasteiger charge is 2.18. The number of hydrogen-bond donors (Lipinski definition) is 1. The van der Waals surface area contributed by atoms with Crippen LogP contribution in [0.15, 0.2) is 18.2 Å². The van der Waals surface area contributed by atoms with Gasteiger partial charge in [-0.2, -0.15) is 0 Å². The average molecular weight is 279 g/mol. The molecule has 0 aliphatic heterocycles. The molecule has 1 fully saturated rings. The van der Waals surface area contributed by atoms with Gasteiger partial charge in [-0.05, 0) is 49.8 Å². The summed E-state index contributed by atoms with van der Waals surface area (Å²) in [6.07, 6.45) is 6.43. The first-order chi connectivity index (χ1) is 9.60. The normalized spacial score (nSPS) is 25.0. The lowest BCUT2D eigenvalue weighted by molar-refractivity contribution is 0.381. The van der Waals surface area contributed by atoms with E-state index >= 15 is 0 Å². The second-order valence-corrected chi connectivity index (χ2v) is 6.09. The van der Waals surface area contributed by atoms with E-state index in [2.05, 4.69) is 19.2 Å². The second-order valence-electron chi connectivity index (χ2n) is 6.09. The van der Waals surface area contributed by atoms with Crippen molar-refractivity contribution < 1.29 is 9.13 Å². The van der Waals surface area contributed by atoms with Gasteiger partial charge in [0.25, 0.3) is 0 Å². The summed E-state index contributed by atoms with van der Waals surface area (Å²) in [4.78, 5) is 0. The minimum Gasteiger partial charge on any atom is -0.494 e. The molecule has 1 saturated carbocycles. The number of hydrogen-bond acceptors (Lipinski definition) is 2. The van der Waals surface area contributed by atoms with Crippen LogP contribution >= 0.6 is 0 Å². The Balaban J connectivity index is 1.98. The molecule has 0 spiro atoms. The Hall–Kier alpha value is -1.09. The number of nitrogens with one attached hydrogen (secondary N) is 1. The van der Waals surface area contributed by atoms with Crippen molar-refractivity contribution in [3.8, 4) is 5.75 Å². The molecule has 0 radical (unpaired) electrons. The van der Waals surface area contributed by atoms with E-state index in [-0.39, 0.29) is 11.9 Å². The zero-order chi connectivity index (χ0) is 14.5. The molecule has 0 bridgehead atoms. The molecule has 2 rings (SSSR count). The van der Waals surface area contributed by atoms with E-state index in [9.17, 15) is 4.39 Å². The molecule has 3 unspecified atom stereocenters. The fourth-order valence-corrected chi connectivity index (χ4v) is 3.05. The Labute approximate surface area is 121 Å². The highest BCUT2D eigenvalue weighted by Crippen LogP contribution is 2.26. The van der Waals surface area contributed by atoms with E-state index in [0.717, 1.165) is 11.5 Å². The smallest absolute Gasteiger partial charge is 0.165 e. The maximum Gasteiger partial charge on any atom is 0.165 e. The molecular weight excluding hydrogens is 253 g/mol. The first-order valence-corrected chi connectivity index (χ1v) is 7.69. The van der Waals surface area contributed by atoms with Crippen LogP contribution in [0.25, 0.3) is 0 Å². The van der Waals surface area contributed by atoms with Gasteiger partial charge in [0.2, 0.25) is 0 Å². The Kier molecular flexibility index (Phi) is 5.41. The topological polar surface area (TPSA) is 21.3 Å². The van der Waals surface area contributed by atoms with Crippen LogP contribution < -0.4 is 10.1 Å². The van der Waals surface area contributed by atoms with E-state index in [0.29, 0.717) is 11.8 Å². The van der Waals surface area contributed by atoms with Crippen molar-refractivity contribution in [1.82, 2.24) is 5.32 Å². The van der Waals surface area contributed by atoms with E-state index in [1.807, 2.05) is 6.07 Å². The van der Waals surface area contributed by atoms with Crippen LogP contribution in [-0.4, -0.2) is 13.2 Å². The Morgan fingerprint density at radius 1 is 1.25 bits per heavy atom. The van der Waals surface area contributed by atoms with Crippen LogP contribution in [0.5, 0.6) is 5.75 Å². The Morgan fingerprint density at radius 3 is 2.80 bits per heavy atom. The molecule has 0 saturated heterocycles. The van der Waals surface area contributed by atoms with Gasteiger partial charge in [0.05, 0.1) is 7.11 Å². The Morgan fingerprint density at radius 2 is 2.05 bits per heavy atom. The molecule has 1 aliphatic carbocycles. The van der Waals surface area contributed by atoms with E-state index in [4.69, 9.17) is 4.74 Å². The quantitative estimate of drug-likeness (QED) is 0.822. The van der Waals surface area contributed by atoms with E-state index in [1.165, 1.54) is 45.3 Å². The minimum absolute atomic E-state index is 0.225. The van der Waals surface area contributed by atoms with Crippen LogP contribution in [0.4, 0.5) is 4.39 Å². The lowest BCUT2D eigenvalue weighted by Crippen LogP contribution is -2.31. The molecule has 2 nitrogen and oxygen atoms in total. The SMILES string of the molecule is COc1cc(C(C)NC2CCCC(C)CC2)ccc1F. The molecule has 1 aliphatic rings. The number of methoxy groups -OCH3 is 1. The number of halogens is 1. The highest BCUT2D eigenvalue weighted by molar-refractivity contribution is 5.32. The van der Waals surface area contributed by atoms with Crippen molar-refractivity contribution in [1.29, 1.82) is 0 Å². The molecule has 112 valence electrons. The van der Waals surface area contributed by atoms with Crippen molar-refractivity contribution in [3.63, 3.8) is 0 Å². The lowest BCUT2D eigenvalue weighted by Gasteiger charge is -2.23. The van der Waals surface area contributed by atoms with Crippen molar-refractivity contribution >= 4 is 0 Å². The number of benzene rings is 1. The van der Waals surface area contributed by atoms with Crippen LogP contribution in [0.1, 0.15) is 57.6 Å². The zero-order valence-corrected chi connectivity index (χ0v) is 12.8. The lowest BCUT2D eigenvalue weighted by atomic mass is 10.0. The zero-order valence-electron chi connectivity index (χ0n) is 12.8. The molecule has 3 atom stereocenters. The van der Waals surface area contributed by atoms with Crippen LogP contribution in [0.2, 0.25) is 0 Å². The van der Waals surface area contributed by atoms with Crippen molar-refractivity contribution in [2.24, 2.45) is 5.92 Å². The summed E-state index contributed by atoms with van der Waals surface area (Å²) in [5.41, 5.74) is 1.08. The summed E-state index contributed by atoms with van der Waals surface area (Å²) in [5, 5.41) is 3.69. The van der Waals surface area contributed by atoms with Crippen molar-refractivity contribution in [3.05, 3.63) is 29.6 Å². The van der Waals surface area contributed by atoms with Gasteiger partial charge in [-0.1, -0.05) is 25.8 Å². The van der Waals surface area contributed by atoms with Gasteiger partial charge in [-0.15, -0.1) is 0 Å². The maximum absolute atomic E-state index is 13.4. The van der Waals surface area contributed by atoms with Gasteiger partial charge in [0, 0.05) is 12.1 Å². The van der Waals surface area contributed by atoms with Crippen molar-refractivity contribution in [2.75, 3.05) is 7.11 Å². The largest absolute Gasteiger partial charge is 0.494 e. The predicted octanol–water partition coefficient (Wildman–Crippen LogP) is 4.45. The molecule has 0 amide bonds. The molecule has 3 heteroatoms. The molecule has 1 aromatic carbocycles. The summed E-state index contributed by atoms with van der Waals surface area (Å²) in [6.45, 7) is 4.48. The molecule has 0 aromatic heterocycles. The summed E-state index contributed by atoms with van der Waals surface area (Å²) >= 11 is 0. The minimum atomic E-state index is -0.299. The van der Waals surface area contributed by atoms with Gasteiger partial charge in [0.1, 0.15) is 0 Å². The van der Waals surface area contributed by atoms with Crippen LogP contribution in [0, 0.1) is 11.7 Å². The fraction of sp³-hybridized carbons (Fsp3) is 0.647. The van der Waals surface area contributed by atoms with Gasteiger partial charge >= 0.3 is 0 Å². The maximum atomic E-state index is 13.4. The number of rotatable bonds is 4. The third kappa shape index (κ3) is 3.95. The monoisotopic (exact) mass is 279 g/mol. The molecule has 20 heavy (non-hydrogen) atoms. The fourth-order valence-electron chi connectivity index (χ4n) is 3.05. The van der Waals surface area contributed by atoms with Crippen molar-refractivity contribution in [2.45, 2.75) is 58.0 Å². The first-order valence-electron chi connectivity index (χ1n) is 7.69. The van der Waals surface area contributed by atoms with E-state index in [1.54, 1.807) is 6.07 Å². The Bertz CT molecular complexity index is 435. The average Bonchev–Trinajstić information content (AvgIpc) is 2.64. The molecule has 1 N–H and O–H groups in total. The summed E-state index contributed by atoms with van der Waals surface area (Å²) in [7, 11) is 1.51. The predicted molar refractivity (Wildman–Crippen MR) is 80.5 cm³/mol. The van der Waals surface area contributed by atoms with E-state index < -0.39 is 0 Å². The summed E-state index contributed by atoms with van der Waals surface area (Å²) in [5.74, 6) is 0.875. The second kappa shape index (κ2) is 7.07. The summed E-state index contributed by atoms with van der Waals surface area (Å²) < 4.78 is 18.5. The molecular formula is C17H26FNO. The van der Waals surface area contributed by atoms with Gasteiger partial charge < -0.3 is 10.1 Å². The number of ether oxygens (including phenoxy) is 1. The van der Waals surface area contributed by atoms with Gasteiger partial charge in [-0.25, -0.2) is 4.39 Å². The standard InChI is InChI=1S/C17H26FNO/c1-12-5-4-6-15(9-7-12)19-13(2)14-8-10-16(18)17(11-14)20-3/h8,10-13,15,19H,4-7,9H2,1-3H3. The van der Waals surface area contributed by atoms with Gasteiger partial charge in [-0.3, -0.25) is 0 Å².